The molecule has 2 aromatic carbocycles. The van der Waals surface area contributed by atoms with Gasteiger partial charge in [-0.15, -0.1) is 0 Å². The number of aromatic nitrogens is 1. The summed E-state index contributed by atoms with van der Waals surface area (Å²) < 4.78 is 27.1. The van der Waals surface area contributed by atoms with Crippen LogP contribution in [0.2, 0.25) is 0 Å². The average molecular weight is 506 g/mol. The molecule has 1 aromatic heterocycles. The Bertz CT molecular complexity index is 1260. The van der Waals surface area contributed by atoms with Gasteiger partial charge in [-0.25, -0.2) is 13.8 Å². The highest BCUT2D eigenvalue weighted by atomic mass is 19.1. The van der Waals surface area contributed by atoms with Gasteiger partial charge in [0, 0.05) is 63.3 Å². The van der Waals surface area contributed by atoms with Crippen molar-refractivity contribution < 1.29 is 18.4 Å². The molecule has 0 saturated carbocycles. The minimum atomic E-state index is -0.872. The third-order valence-corrected chi connectivity index (χ3v) is 7.02. The number of piperazine rings is 1. The Morgan fingerprint density at radius 3 is 2.24 bits per heavy atom. The molecule has 2 fully saturated rings. The molecule has 2 amide bonds. The third-order valence-electron chi connectivity index (χ3n) is 7.02. The molecule has 0 bridgehead atoms. The number of benzene rings is 2. The van der Waals surface area contributed by atoms with Crippen molar-refractivity contribution in [2.75, 3.05) is 49.1 Å². The van der Waals surface area contributed by atoms with Crippen LogP contribution < -0.4 is 15.1 Å². The second-order valence-corrected chi connectivity index (χ2v) is 9.34. The normalized spacial score (nSPS) is 16.5. The van der Waals surface area contributed by atoms with Crippen LogP contribution in [-0.4, -0.2) is 67.0 Å². The monoisotopic (exact) mass is 505 g/mol. The van der Waals surface area contributed by atoms with Crippen LogP contribution in [0.3, 0.4) is 0 Å². The van der Waals surface area contributed by atoms with Gasteiger partial charge in [0.25, 0.3) is 11.8 Å². The Hall–Kier alpha value is -4.01. The summed E-state index contributed by atoms with van der Waals surface area (Å²) in [5.41, 5.74) is 1.39. The highest BCUT2D eigenvalue weighted by Crippen LogP contribution is 2.26. The lowest BCUT2D eigenvalue weighted by Gasteiger charge is -2.37. The number of rotatable bonds is 5. The number of anilines is 2. The number of nitrogens with one attached hydrogen (secondary N) is 1. The van der Waals surface area contributed by atoms with Crippen LogP contribution in [0.5, 0.6) is 0 Å². The molecular weight excluding hydrogens is 476 g/mol. The summed E-state index contributed by atoms with van der Waals surface area (Å²) in [5, 5.41) is 2.86. The first-order valence-corrected chi connectivity index (χ1v) is 12.5. The van der Waals surface area contributed by atoms with E-state index in [4.69, 9.17) is 0 Å². The quantitative estimate of drug-likeness (QED) is 0.573. The van der Waals surface area contributed by atoms with E-state index in [9.17, 15) is 18.4 Å². The molecule has 2 aliphatic rings. The molecule has 9 heteroatoms. The molecule has 1 N–H and O–H groups in total. The summed E-state index contributed by atoms with van der Waals surface area (Å²) in [6, 6.07) is 16.3. The number of para-hydroxylation sites is 1. The molecule has 3 aromatic rings. The molecule has 2 aliphatic heterocycles. The van der Waals surface area contributed by atoms with Gasteiger partial charge in [-0.2, -0.15) is 0 Å². The Balaban J connectivity index is 1.19. The molecule has 2 saturated heterocycles. The van der Waals surface area contributed by atoms with Gasteiger partial charge in [0.1, 0.15) is 17.5 Å². The van der Waals surface area contributed by atoms with Gasteiger partial charge in [0.05, 0.1) is 11.1 Å². The smallest absolute Gasteiger partial charge is 0.256 e. The largest absolute Gasteiger partial charge is 0.371 e. The molecule has 0 aliphatic carbocycles. The molecule has 0 atom stereocenters. The maximum absolute atomic E-state index is 14.0. The molecule has 5 rings (SSSR count). The van der Waals surface area contributed by atoms with Crippen molar-refractivity contribution in [2.45, 2.75) is 18.9 Å². The number of nitrogens with zero attached hydrogens (tertiary/aromatic N) is 4. The van der Waals surface area contributed by atoms with Crippen LogP contribution in [0.15, 0.2) is 66.9 Å². The van der Waals surface area contributed by atoms with Crippen molar-refractivity contribution in [3.63, 3.8) is 0 Å². The van der Waals surface area contributed by atoms with E-state index >= 15 is 0 Å². The van der Waals surface area contributed by atoms with E-state index in [0.717, 1.165) is 36.7 Å². The predicted octanol–water partition coefficient (Wildman–Crippen LogP) is 3.72. The topological polar surface area (TPSA) is 68.8 Å². The fourth-order valence-electron chi connectivity index (χ4n) is 4.98. The second-order valence-electron chi connectivity index (χ2n) is 9.34. The molecule has 0 unspecified atom stereocenters. The lowest BCUT2D eigenvalue weighted by molar-refractivity contribution is 0.0747. The molecule has 0 radical (unpaired) electrons. The van der Waals surface area contributed by atoms with Crippen LogP contribution in [-0.2, 0) is 0 Å². The van der Waals surface area contributed by atoms with E-state index in [-0.39, 0.29) is 17.5 Å². The van der Waals surface area contributed by atoms with E-state index in [2.05, 4.69) is 20.1 Å². The van der Waals surface area contributed by atoms with Crippen molar-refractivity contribution in [3.05, 3.63) is 89.6 Å². The van der Waals surface area contributed by atoms with Gasteiger partial charge in [0.2, 0.25) is 0 Å². The first-order chi connectivity index (χ1) is 18.0. The minimum Gasteiger partial charge on any atom is -0.371 e. The van der Waals surface area contributed by atoms with Crippen molar-refractivity contribution in [3.8, 4) is 0 Å². The number of pyridine rings is 1. The molecule has 3 heterocycles. The van der Waals surface area contributed by atoms with Gasteiger partial charge in [-0.3, -0.25) is 9.59 Å². The van der Waals surface area contributed by atoms with Crippen LogP contribution >= 0.6 is 0 Å². The zero-order valence-corrected chi connectivity index (χ0v) is 20.4. The summed E-state index contributed by atoms with van der Waals surface area (Å²) in [4.78, 5) is 36.6. The second kappa shape index (κ2) is 10.9. The highest BCUT2D eigenvalue weighted by Gasteiger charge is 2.28. The summed E-state index contributed by atoms with van der Waals surface area (Å²) in [6.45, 7) is 3.99. The summed E-state index contributed by atoms with van der Waals surface area (Å²) >= 11 is 0. The maximum Gasteiger partial charge on any atom is 0.256 e. The summed E-state index contributed by atoms with van der Waals surface area (Å²) in [6.07, 6.45) is 3.08. The number of amides is 2. The van der Waals surface area contributed by atoms with Crippen molar-refractivity contribution in [1.82, 2.24) is 15.2 Å². The van der Waals surface area contributed by atoms with Gasteiger partial charge in [-0.05, 0) is 49.2 Å². The highest BCUT2D eigenvalue weighted by molar-refractivity contribution is 6.00. The van der Waals surface area contributed by atoms with Gasteiger partial charge >= 0.3 is 0 Å². The lowest BCUT2D eigenvalue weighted by atomic mass is 10.0. The Labute approximate surface area is 214 Å². The van der Waals surface area contributed by atoms with E-state index < -0.39 is 17.5 Å². The van der Waals surface area contributed by atoms with Crippen LogP contribution in [0, 0.1) is 11.6 Å². The van der Waals surface area contributed by atoms with Crippen LogP contribution in [0.1, 0.15) is 33.6 Å². The average Bonchev–Trinajstić information content (AvgIpc) is 2.93. The van der Waals surface area contributed by atoms with Crippen molar-refractivity contribution >= 4 is 23.3 Å². The third kappa shape index (κ3) is 5.55. The first kappa shape index (κ1) is 24.7. The lowest BCUT2D eigenvalue weighted by Crippen LogP contribution is -2.49. The molecule has 37 heavy (non-hydrogen) atoms. The van der Waals surface area contributed by atoms with E-state index in [1.807, 2.05) is 47.4 Å². The molecule has 7 nitrogen and oxygen atoms in total. The van der Waals surface area contributed by atoms with E-state index in [1.54, 1.807) is 6.20 Å². The number of piperidine rings is 1. The van der Waals surface area contributed by atoms with Gasteiger partial charge < -0.3 is 20.0 Å². The van der Waals surface area contributed by atoms with Crippen molar-refractivity contribution in [1.29, 1.82) is 0 Å². The number of halogens is 2. The van der Waals surface area contributed by atoms with Gasteiger partial charge in [0.15, 0.2) is 0 Å². The Kier molecular flexibility index (Phi) is 7.30. The Morgan fingerprint density at radius 1 is 0.811 bits per heavy atom. The SMILES string of the molecule is O=C(NC1CCN(c2ccccc2C(=O)N2CCN(c3ccccn3)CC2)CC1)c1ccc(F)cc1F. The predicted molar refractivity (Wildman–Crippen MR) is 138 cm³/mol. The zero-order valence-electron chi connectivity index (χ0n) is 20.4. The molecular formula is C28H29F2N5O2. The first-order valence-electron chi connectivity index (χ1n) is 12.5. The number of hydrogen-bond donors (Lipinski definition) is 1. The fourth-order valence-corrected chi connectivity index (χ4v) is 4.98. The molecule has 0 spiro atoms. The molecule has 192 valence electrons. The van der Waals surface area contributed by atoms with E-state index in [0.29, 0.717) is 50.7 Å². The Morgan fingerprint density at radius 2 is 1.54 bits per heavy atom. The summed E-state index contributed by atoms with van der Waals surface area (Å²) in [5.74, 6) is -1.20. The van der Waals surface area contributed by atoms with Crippen LogP contribution in [0.4, 0.5) is 20.3 Å². The number of hydrogen-bond acceptors (Lipinski definition) is 5. The van der Waals surface area contributed by atoms with Crippen LogP contribution in [0.25, 0.3) is 0 Å². The number of carbonyl (C=O) groups excluding carboxylic acids is 2. The minimum absolute atomic E-state index is 0.0125. The van der Waals surface area contributed by atoms with E-state index in [1.165, 1.54) is 0 Å². The number of carbonyl (C=O) groups is 2. The van der Waals surface area contributed by atoms with Crippen molar-refractivity contribution in [2.24, 2.45) is 0 Å². The standard InChI is InChI=1S/C28H29F2N5O2/c29-20-8-9-22(24(30)19-20)27(36)32-21-10-13-33(14-11-21)25-6-2-1-5-23(25)28(37)35-17-15-34(16-18-35)26-7-3-4-12-31-26/h1-9,12,19,21H,10-11,13-18H2,(H,32,36). The zero-order chi connectivity index (χ0) is 25.8. The van der Waals surface area contributed by atoms with Gasteiger partial charge in [-0.1, -0.05) is 18.2 Å². The fraction of sp³-hybridized carbons (Fsp3) is 0.321. The maximum atomic E-state index is 14.0. The summed E-state index contributed by atoms with van der Waals surface area (Å²) in [7, 11) is 0.